The zero-order valence-corrected chi connectivity index (χ0v) is 13.2. The minimum absolute atomic E-state index is 0.0133. The van der Waals surface area contributed by atoms with E-state index in [0.717, 1.165) is 31.7 Å². The van der Waals surface area contributed by atoms with E-state index in [0.29, 0.717) is 10.7 Å². The Kier molecular flexibility index (Phi) is 5.52. The van der Waals surface area contributed by atoms with Gasteiger partial charge in [-0.05, 0) is 49.3 Å². The molecule has 1 aliphatic heterocycles. The fourth-order valence-corrected chi connectivity index (χ4v) is 2.34. The lowest BCUT2D eigenvalue weighted by Gasteiger charge is -2.14. The van der Waals surface area contributed by atoms with E-state index in [9.17, 15) is 4.79 Å². The van der Waals surface area contributed by atoms with Crippen molar-refractivity contribution >= 4 is 28.9 Å². The molecule has 0 aliphatic carbocycles. The first-order valence-electron chi connectivity index (χ1n) is 7.04. The van der Waals surface area contributed by atoms with Gasteiger partial charge in [0.15, 0.2) is 5.11 Å². The zero-order chi connectivity index (χ0) is 15.2. The standard InChI is InChI=1S/C15H21N3O2S/c1-18(2)14(19)11-5-7-12(8-6-11)17-15(21)16-10-13-4-3-9-20-13/h5-8,13H,3-4,9-10H2,1-2H3,(H2,16,17,21). The number of hydrogen-bond donors (Lipinski definition) is 2. The van der Waals surface area contributed by atoms with E-state index in [-0.39, 0.29) is 12.0 Å². The van der Waals surface area contributed by atoms with Gasteiger partial charge in [0.25, 0.3) is 5.91 Å². The molecule has 6 heteroatoms. The number of anilines is 1. The Morgan fingerprint density at radius 3 is 2.67 bits per heavy atom. The van der Waals surface area contributed by atoms with Crippen LogP contribution in [0.25, 0.3) is 0 Å². The molecule has 1 fully saturated rings. The molecule has 2 rings (SSSR count). The highest BCUT2D eigenvalue weighted by Gasteiger charge is 2.15. The van der Waals surface area contributed by atoms with Crippen molar-refractivity contribution in [3.05, 3.63) is 29.8 Å². The third-order valence-corrected chi connectivity index (χ3v) is 3.56. The highest BCUT2D eigenvalue weighted by atomic mass is 32.1. The Morgan fingerprint density at radius 2 is 2.10 bits per heavy atom. The number of nitrogens with one attached hydrogen (secondary N) is 2. The normalized spacial score (nSPS) is 17.3. The predicted octanol–water partition coefficient (Wildman–Crippen LogP) is 1.85. The number of thiocarbonyl (C=S) groups is 1. The third-order valence-electron chi connectivity index (χ3n) is 3.31. The number of amides is 1. The molecule has 1 amide bonds. The van der Waals surface area contributed by atoms with Crippen molar-refractivity contribution in [2.75, 3.05) is 32.6 Å². The molecule has 0 aromatic heterocycles. The van der Waals surface area contributed by atoms with Crippen LogP contribution < -0.4 is 10.6 Å². The average molecular weight is 307 g/mol. The number of benzene rings is 1. The molecule has 5 nitrogen and oxygen atoms in total. The largest absolute Gasteiger partial charge is 0.376 e. The van der Waals surface area contributed by atoms with Crippen LogP contribution in [0, 0.1) is 0 Å². The van der Waals surface area contributed by atoms with Crippen LogP contribution >= 0.6 is 12.2 Å². The summed E-state index contributed by atoms with van der Waals surface area (Å²) in [5.74, 6) is -0.0133. The molecule has 21 heavy (non-hydrogen) atoms. The summed E-state index contributed by atoms with van der Waals surface area (Å²) in [5.41, 5.74) is 1.51. The van der Waals surface area contributed by atoms with Crippen molar-refractivity contribution in [1.29, 1.82) is 0 Å². The number of hydrogen-bond acceptors (Lipinski definition) is 3. The molecule has 0 bridgehead atoms. The molecule has 1 aromatic rings. The van der Waals surface area contributed by atoms with Gasteiger partial charge in [-0.1, -0.05) is 0 Å². The van der Waals surface area contributed by atoms with Crippen LogP contribution in [0.2, 0.25) is 0 Å². The maximum absolute atomic E-state index is 11.8. The number of carbonyl (C=O) groups excluding carboxylic acids is 1. The smallest absolute Gasteiger partial charge is 0.253 e. The van der Waals surface area contributed by atoms with Gasteiger partial charge in [-0.3, -0.25) is 4.79 Å². The van der Waals surface area contributed by atoms with Crippen LogP contribution in [0.3, 0.4) is 0 Å². The summed E-state index contributed by atoms with van der Waals surface area (Å²) in [6.45, 7) is 1.57. The fraction of sp³-hybridized carbons (Fsp3) is 0.467. The number of ether oxygens (including phenoxy) is 1. The fourth-order valence-electron chi connectivity index (χ4n) is 2.14. The van der Waals surface area contributed by atoms with E-state index in [1.165, 1.54) is 0 Å². The number of carbonyl (C=O) groups is 1. The van der Waals surface area contributed by atoms with Crippen LogP contribution in [0.15, 0.2) is 24.3 Å². The lowest BCUT2D eigenvalue weighted by atomic mass is 10.2. The molecule has 1 aromatic carbocycles. The van der Waals surface area contributed by atoms with Crippen molar-refractivity contribution in [2.45, 2.75) is 18.9 Å². The van der Waals surface area contributed by atoms with Gasteiger partial charge in [-0.15, -0.1) is 0 Å². The summed E-state index contributed by atoms with van der Waals surface area (Å²) in [6.07, 6.45) is 2.45. The van der Waals surface area contributed by atoms with Crippen molar-refractivity contribution < 1.29 is 9.53 Å². The van der Waals surface area contributed by atoms with Crippen LogP contribution in [-0.4, -0.2) is 49.3 Å². The SMILES string of the molecule is CN(C)C(=O)c1ccc(NC(=S)NCC2CCCO2)cc1. The van der Waals surface area contributed by atoms with E-state index in [1.54, 1.807) is 31.1 Å². The average Bonchev–Trinajstić information content (AvgIpc) is 2.98. The molecule has 2 N–H and O–H groups in total. The second-order valence-corrected chi connectivity index (χ2v) is 5.66. The number of nitrogens with zero attached hydrogens (tertiary/aromatic N) is 1. The Bertz CT molecular complexity index is 496. The Hall–Kier alpha value is -1.66. The van der Waals surface area contributed by atoms with Gasteiger partial charge < -0.3 is 20.3 Å². The molecule has 1 atom stereocenters. The van der Waals surface area contributed by atoms with Gasteiger partial charge in [-0.25, -0.2) is 0 Å². The molecule has 1 saturated heterocycles. The minimum atomic E-state index is -0.0133. The zero-order valence-electron chi connectivity index (χ0n) is 12.4. The summed E-state index contributed by atoms with van der Waals surface area (Å²) in [5, 5.41) is 6.82. The van der Waals surface area contributed by atoms with Crippen molar-refractivity contribution in [3.63, 3.8) is 0 Å². The van der Waals surface area contributed by atoms with Gasteiger partial charge in [0, 0.05) is 38.5 Å². The van der Waals surface area contributed by atoms with Gasteiger partial charge in [-0.2, -0.15) is 0 Å². The molecular formula is C15H21N3O2S. The van der Waals surface area contributed by atoms with Gasteiger partial charge >= 0.3 is 0 Å². The van der Waals surface area contributed by atoms with E-state index in [4.69, 9.17) is 17.0 Å². The Morgan fingerprint density at radius 1 is 1.38 bits per heavy atom. The first kappa shape index (κ1) is 15.7. The van der Waals surface area contributed by atoms with Gasteiger partial charge in [0.2, 0.25) is 0 Å². The molecule has 0 spiro atoms. The Labute approximate surface area is 130 Å². The minimum Gasteiger partial charge on any atom is -0.376 e. The van der Waals surface area contributed by atoms with Crippen LogP contribution in [0.4, 0.5) is 5.69 Å². The van der Waals surface area contributed by atoms with Crippen molar-refractivity contribution in [2.24, 2.45) is 0 Å². The summed E-state index contributed by atoms with van der Waals surface area (Å²) >= 11 is 5.24. The molecule has 1 unspecified atom stereocenters. The lowest BCUT2D eigenvalue weighted by molar-refractivity contribution is 0.0827. The molecule has 1 heterocycles. The van der Waals surface area contributed by atoms with Crippen LogP contribution in [0.5, 0.6) is 0 Å². The number of rotatable bonds is 4. The van der Waals surface area contributed by atoms with Gasteiger partial charge in [0.1, 0.15) is 0 Å². The van der Waals surface area contributed by atoms with Crippen LogP contribution in [-0.2, 0) is 4.74 Å². The van der Waals surface area contributed by atoms with Crippen LogP contribution in [0.1, 0.15) is 23.2 Å². The quantitative estimate of drug-likeness (QED) is 0.832. The van der Waals surface area contributed by atoms with E-state index in [1.807, 2.05) is 12.1 Å². The maximum atomic E-state index is 11.8. The Balaban J connectivity index is 1.82. The highest BCUT2D eigenvalue weighted by molar-refractivity contribution is 7.80. The summed E-state index contributed by atoms with van der Waals surface area (Å²) in [4.78, 5) is 13.3. The summed E-state index contributed by atoms with van der Waals surface area (Å²) < 4.78 is 5.53. The van der Waals surface area contributed by atoms with Gasteiger partial charge in [0.05, 0.1) is 6.10 Å². The molecule has 0 radical (unpaired) electrons. The second kappa shape index (κ2) is 7.38. The lowest BCUT2D eigenvalue weighted by Crippen LogP contribution is -2.34. The molecule has 0 saturated carbocycles. The van der Waals surface area contributed by atoms with Crippen molar-refractivity contribution in [1.82, 2.24) is 10.2 Å². The first-order chi connectivity index (χ1) is 10.1. The topological polar surface area (TPSA) is 53.6 Å². The summed E-state index contributed by atoms with van der Waals surface area (Å²) in [7, 11) is 3.47. The first-order valence-corrected chi connectivity index (χ1v) is 7.45. The molecule has 114 valence electrons. The monoisotopic (exact) mass is 307 g/mol. The van der Waals surface area contributed by atoms with E-state index >= 15 is 0 Å². The molecular weight excluding hydrogens is 286 g/mol. The molecule has 1 aliphatic rings. The highest BCUT2D eigenvalue weighted by Crippen LogP contribution is 2.12. The maximum Gasteiger partial charge on any atom is 0.253 e. The van der Waals surface area contributed by atoms with E-state index < -0.39 is 0 Å². The summed E-state index contributed by atoms with van der Waals surface area (Å²) in [6, 6.07) is 7.26. The predicted molar refractivity (Wildman–Crippen MR) is 87.7 cm³/mol. The van der Waals surface area contributed by atoms with Crippen molar-refractivity contribution in [3.8, 4) is 0 Å². The third kappa shape index (κ3) is 4.68. The second-order valence-electron chi connectivity index (χ2n) is 5.25. The van der Waals surface area contributed by atoms with E-state index in [2.05, 4.69) is 10.6 Å².